The molecule has 0 aliphatic carbocycles. The lowest BCUT2D eigenvalue weighted by atomic mass is 9.95. The molecule has 1 fully saturated rings. The van der Waals surface area contributed by atoms with E-state index in [1.54, 1.807) is 0 Å². The van der Waals surface area contributed by atoms with E-state index < -0.39 is 49.9 Å². The third-order valence-electron chi connectivity index (χ3n) is 5.66. The largest absolute Gasteiger partial charge is 0.458 e. The smallest absolute Gasteiger partial charge is 0.331 e. The first-order chi connectivity index (χ1) is 15.4. The van der Waals surface area contributed by atoms with Gasteiger partial charge in [-0.15, -0.1) is 0 Å². The van der Waals surface area contributed by atoms with Gasteiger partial charge in [0.2, 0.25) is 5.79 Å². The van der Waals surface area contributed by atoms with Crippen molar-refractivity contribution in [2.75, 3.05) is 19.8 Å². The summed E-state index contributed by atoms with van der Waals surface area (Å²) in [5, 5.41) is 53.7. The van der Waals surface area contributed by atoms with Crippen molar-refractivity contribution in [1.82, 2.24) is 0 Å². The molecule has 0 aromatic heterocycles. The van der Waals surface area contributed by atoms with Crippen molar-refractivity contribution in [3.8, 4) is 0 Å². The molecule has 4 aromatic rings. The van der Waals surface area contributed by atoms with Gasteiger partial charge in [-0.1, -0.05) is 60.7 Å². The van der Waals surface area contributed by atoms with Crippen LogP contribution in [0, 0.1) is 0 Å². The van der Waals surface area contributed by atoms with Crippen LogP contribution in [0.1, 0.15) is 0 Å². The molecule has 8 nitrogen and oxygen atoms in total. The summed E-state index contributed by atoms with van der Waals surface area (Å²) in [5.74, 6) is -3.29. The molecule has 1 heterocycles. The second kappa shape index (κ2) is 8.95. The van der Waals surface area contributed by atoms with Crippen molar-refractivity contribution in [3.63, 3.8) is 0 Å². The van der Waals surface area contributed by atoms with E-state index >= 15 is 0 Å². The first kappa shape index (κ1) is 22.3. The minimum Gasteiger partial charge on any atom is -0.458 e. The van der Waals surface area contributed by atoms with Crippen molar-refractivity contribution >= 4 is 38.3 Å². The summed E-state index contributed by atoms with van der Waals surface area (Å²) in [4.78, 5) is 10.6. The third-order valence-corrected chi connectivity index (χ3v) is 5.66. The number of aliphatic hydroxyl groups excluding tert-OH is 4. The van der Waals surface area contributed by atoms with Crippen LogP contribution in [-0.2, 0) is 14.3 Å². The van der Waals surface area contributed by atoms with Crippen LogP contribution >= 0.6 is 0 Å². The minimum absolute atomic E-state index is 0.603. The van der Waals surface area contributed by atoms with Crippen LogP contribution < -0.4 is 0 Å². The predicted molar refractivity (Wildman–Crippen MR) is 117 cm³/mol. The number of esters is 1. The van der Waals surface area contributed by atoms with Crippen molar-refractivity contribution in [3.05, 3.63) is 60.7 Å². The Bertz CT molecular complexity index is 1090. The van der Waals surface area contributed by atoms with Gasteiger partial charge in [0.05, 0.1) is 6.61 Å². The Labute approximate surface area is 183 Å². The van der Waals surface area contributed by atoms with E-state index in [1.807, 2.05) is 0 Å². The van der Waals surface area contributed by atoms with E-state index in [0.29, 0.717) is 0 Å². The quantitative estimate of drug-likeness (QED) is 0.233. The van der Waals surface area contributed by atoms with Crippen molar-refractivity contribution in [2.24, 2.45) is 0 Å². The molecular weight excluding hydrogens is 416 g/mol. The Morgan fingerprint density at radius 2 is 1.34 bits per heavy atom. The summed E-state index contributed by atoms with van der Waals surface area (Å²) in [5.41, 5.74) is 0. The highest BCUT2D eigenvalue weighted by Crippen LogP contribution is 2.34. The Morgan fingerprint density at radius 3 is 1.72 bits per heavy atom. The number of carbonyl (C=O) groups excluding carboxylic acids is 1. The van der Waals surface area contributed by atoms with Crippen LogP contribution in [0.4, 0.5) is 0 Å². The number of ether oxygens (including phenoxy) is 2. The minimum atomic E-state index is -2.28. The lowest BCUT2D eigenvalue weighted by molar-refractivity contribution is -0.253. The SMILES string of the molecule is O=C(CO)OC[C@@]1(O)O[C@H](CO)[C@@H](O)[C@@H]1O.c1cc2ccc3cccc4ccc(c1)c2c34. The number of benzene rings is 4. The summed E-state index contributed by atoms with van der Waals surface area (Å²) in [6.45, 7) is -2.23. The first-order valence-electron chi connectivity index (χ1n) is 10.1. The van der Waals surface area contributed by atoms with Crippen LogP contribution in [0.15, 0.2) is 60.7 Å². The second-order valence-corrected chi connectivity index (χ2v) is 7.73. The van der Waals surface area contributed by atoms with E-state index in [1.165, 1.54) is 32.3 Å². The lowest BCUT2D eigenvalue weighted by Gasteiger charge is -2.25. The highest BCUT2D eigenvalue weighted by Gasteiger charge is 2.54. The fourth-order valence-electron chi connectivity index (χ4n) is 4.04. The fraction of sp³-hybridized carbons (Fsp3) is 0.292. The zero-order valence-electron chi connectivity index (χ0n) is 17.1. The van der Waals surface area contributed by atoms with Gasteiger partial charge in [0.1, 0.15) is 31.5 Å². The van der Waals surface area contributed by atoms with Gasteiger partial charge in [0.15, 0.2) is 0 Å². The van der Waals surface area contributed by atoms with Gasteiger partial charge in [-0.2, -0.15) is 0 Å². The Hall–Kier alpha value is -2.85. The zero-order valence-corrected chi connectivity index (χ0v) is 17.1. The second-order valence-electron chi connectivity index (χ2n) is 7.73. The Kier molecular flexibility index (Phi) is 6.25. The van der Waals surface area contributed by atoms with Gasteiger partial charge in [-0.05, 0) is 32.3 Å². The molecule has 1 aliphatic heterocycles. The fourth-order valence-corrected chi connectivity index (χ4v) is 4.04. The van der Waals surface area contributed by atoms with Gasteiger partial charge < -0.3 is 35.0 Å². The number of carbonyl (C=O) groups is 1. The molecule has 0 bridgehead atoms. The van der Waals surface area contributed by atoms with Crippen LogP contribution in [0.2, 0.25) is 0 Å². The van der Waals surface area contributed by atoms with E-state index in [-0.39, 0.29) is 0 Å². The third kappa shape index (κ3) is 4.00. The average Bonchev–Trinajstić information content (AvgIpc) is 3.05. The molecule has 0 amide bonds. The monoisotopic (exact) mass is 440 g/mol. The Morgan fingerprint density at radius 1 is 0.875 bits per heavy atom. The number of rotatable bonds is 4. The molecule has 4 atom stereocenters. The topological polar surface area (TPSA) is 137 Å². The van der Waals surface area contributed by atoms with Crippen molar-refractivity contribution < 1.29 is 39.8 Å². The van der Waals surface area contributed by atoms with Crippen LogP contribution in [0.3, 0.4) is 0 Å². The van der Waals surface area contributed by atoms with Gasteiger partial charge in [0.25, 0.3) is 0 Å². The molecule has 1 aliphatic rings. The predicted octanol–water partition coefficient (Wildman–Crippen LogP) is 0.907. The molecule has 168 valence electrons. The van der Waals surface area contributed by atoms with E-state index in [4.69, 9.17) is 14.9 Å². The highest BCUT2D eigenvalue weighted by atomic mass is 16.7. The molecule has 8 heteroatoms. The summed E-state index contributed by atoms with van der Waals surface area (Å²) >= 11 is 0. The number of hydrogen-bond acceptors (Lipinski definition) is 8. The molecule has 5 N–H and O–H groups in total. The standard InChI is InChI=1S/C16H10.C8H14O8/c1-3-11-7-9-13-5-2-6-14-10-8-12(4-1)15(11)16(13)14;9-1-4-6(12)7(13)8(14,16-4)3-15-5(11)2-10/h1-10H;4,6-7,9-10,12-14H,1-3H2/t;4-,6-,7+,8-/m.1/s1. The van der Waals surface area contributed by atoms with E-state index in [9.17, 15) is 20.1 Å². The highest BCUT2D eigenvalue weighted by molar-refractivity contribution is 6.22. The molecule has 0 saturated carbocycles. The molecular formula is C24H24O8. The maximum atomic E-state index is 10.6. The van der Waals surface area contributed by atoms with Gasteiger partial charge in [0, 0.05) is 0 Å². The van der Waals surface area contributed by atoms with Crippen LogP contribution in [0.5, 0.6) is 0 Å². The summed E-state index contributed by atoms with van der Waals surface area (Å²) in [6.07, 6.45) is -4.35. The summed E-state index contributed by atoms with van der Waals surface area (Å²) in [7, 11) is 0. The average molecular weight is 440 g/mol. The Balaban J connectivity index is 0.000000153. The lowest BCUT2D eigenvalue weighted by Crippen LogP contribution is -2.47. The molecule has 32 heavy (non-hydrogen) atoms. The molecule has 4 aromatic carbocycles. The molecule has 5 rings (SSSR count). The summed E-state index contributed by atoms with van der Waals surface area (Å²) in [6, 6.07) is 21.9. The number of hydrogen-bond donors (Lipinski definition) is 5. The normalized spacial score (nSPS) is 25.2. The maximum absolute atomic E-state index is 10.6. The maximum Gasteiger partial charge on any atom is 0.331 e. The molecule has 0 spiro atoms. The van der Waals surface area contributed by atoms with Crippen molar-refractivity contribution in [1.29, 1.82) is 0 Å². The van der Waals surface area contributed by atoms with E-state index in [2.05, 4.69) is 65.4 Å². The van der Waals surface area contributed by atoms with Gasteiger partial charge in [-0.3, -0.25) is 0 Å². The van der Waals surface area contributed by atoms with Gasteiger partial charge >= 0.3 is 5.97 Å². The molecule has 0 unspecified atom stereocenters. The molecule has 1 saturated heterocycles. The summed E-state index contributed by atoms with van der Waals surface area (Å²) < 4.78 is 9.14. The number of aliphatic hydroxyl groups is 5. The zero-order chi connectivity index (χ0) is 22.9. The van der Waals surface area contributed by atoms with Crippen LogP contribution in [0.25, 0.3) is 32.3 Å². The first-order valence-corrected chi connectivity index (χ1v) is 10.1. The van der Waals surface area contributed by atoms with Gasteiger partial charge in [-0.25, -0.2) is 4.79 Å². The molecule has 0 radical (unpaired) electrons. The van der Waals surface area contributed by atoms with Crippen molar-refractivity contribution in [2.45, 2.75) is 24.1 Å². The van der Waals surface area contributed by atoms with Crippen LogP contribution in [-0.4, -0.2) is 75.4 Å². The van der Waals surface area contributed by atoms with E-state index in [0.717, 1.165) is 0 Å².